The lowest BCUT2D eigenvalue weighted by molar-refractivity contribution is 0.301. The van der Waals surface area contributed by atoms with E-state index >= 15 is 0 Å². The molecule has 118 valence electrons. The van der Waals surface area contributed by atoms with Gasteiger partial charge in [-0.25, -0.2) is 9.02 Å². The second-order valence-electron chi connectivity index (χ2n) is 4.37. The van der Waals surface area contributed by atoms with Crippen molar-refractivity contribution in [2.75, 3.05) is 11.1 Å². The van der Waals surface area contributed by atoms with E-state index in [1.54, 1.807) is 0 Å². The maximum Gasteiger partial charge on any atom is 0.260 e. The van der Waals surface area contributed by atoms with Gasteiger partial charge in [0.1, 0.15) is 18.1 Å². The number of nitrogens with two attached hydrogens (primary N) is 1. The average molecular weight is 382 g/mol. The van der Waals surface area contributed by atoms with Gasteiger partial charge in [0, 0.05) is 5.69 Å². The molecule has 1 aromatic carbocycles. The quantitative estimate of drug-likeness (QED) is 0.448. The first-order valence-corrected chi connectivity index (χ1v) is 6.98. The van der Waals surface area contributed by atoms with Gasteiger partial charge in [-0.15, -0.1) is 5.10 Å². The number of amidine groups is 1. The van der Waals surface area contributed by atoms with E-state index in [0.29, 0.717) is 11.4 Å². The van der Waals surface area contributed by atoms with Crippen LogP contribution in [-0.2, 0) is 6.54 Å². The van der Waals surface area contributed by atoms with Crippen molar-refractivity contribution in [3.05, 3.63) is 39.9 Å². The largest absolute Gasteiger partial charge is 0.365 e. The molecule has 4 N–H and O–H groups in total. The van der Waals surface area contributed by atoms with Gasteiger partial charge in [0.05, 0.1) is 4.47 Å². The fourth-order valence-corrected chi connectivity index (χ4v) is 2.11. The van der Waals surface area contributed by atoms with Crippen LogP contribution in [0.5, 0.6) is 0 Å². The Hall–Kier alpha value is -2.89. The number of benzene rings is 1. The summed E-state index contributed by atoms with van der Waals surface area (Å²) in [5.74, 6) is -0.457. The minimum atomic E-state index is -0.402. The predicted molar refractivity (Wildman–Crippen MR) is 80.2 cm³/mol. The number of hydrogen-bond acceptors (Lipinski definition) is 8. The van der Waals surface area contributed by atoms with Gasteiger partial charge in [-0.1, -0.05) is 10.3 Å². The van der Waals surface area contributed by atoms with Crippen LogP contribution < -0.4 is 11.1 Å². The molecule has 2 aromatic heterocycles. The molecular weight excluding hydrogens is 373 g/mol. The number of nitrogen functional groups attached to an aromatic ring is 1. The lowest BCUT2D eigenvalue weighted by Gasteiger charge is -2.07. The van der Waals surface area contributed by atoms with E-state index in [2.05, 4.69) is 51.6 Å². The van der Waals surface area contributed by atoms with Crippen molar-refractivity contribution in [3.63, 3.8) is 0 Å². The Labute approximate surface area is 136 Å². The van der Waals surface area contributed by atoms with Gasteiger partial charge in [0.25, 0.3) is 5.95 Å². The number of halogens is 2. The Morgan fingerprint density at radius 1 is 1.43 bits per heavy atom. The zero-order valence-corrected chi connectivity index (χ0v) is 12.9. The van der Waals surface area contributed by atoms with E-state index in [4.69, 9.17) is 11.1 Å². The molecule has 3 rings (SSSR count). The molecule has 0 amide bonds. The molecule has 0 radical (unpaired) electrons. The molecule has 10 nitrogen and oxygen atoms in total. The van der Waals surface area contributed by atoms with Crippen LogP contribution in [0.4, 0.5) is 16.0 Å². The van der Waals surface area contributed by atoms with Crippen molar-refractivity contribution in [1.29, 1.82) is 5.41 Å². The molecule has 0 aliphatic rings. The highest BCUT2D eigenvalue weighted by molar-refractivity contribution is 9.10. The Morgan fingerprint density at radius 3 is 2.96 bits per heavy atom. The number of nitrogens with zero attached hydrogens (tertiary/aromatic N) is 6. The van der Waals surface area contributed by atoms with Gasteiger partial charge in [0.15, 0.2) is 11.5 Å². The number of nitrogens with one attached hydrogen (secondary N) is 2. The topological polar surface area (TPSA) is 144 Å². The Morgan fingerprint density at radius 2 is 2.26 bits per heavy atom. The molecule has 0 saturated carbocycles. The van der Waals surface area contributed by atoms with E-state index in [9.17, 15) is 4.39 Å². The standard InChI is InChI=1S/C11H9BrFN9O/c12-6-3-5(1-2-7(6)13)16-10(14)9-8(19-23-20-9)4-22-18-11(15)17-21-22/h1-3H,4H2,(H2,14,16)(H2,15,18). The number of tetrazole rings is 1. The summed E-state index contributed by atoms with van der Waals surface area (Å²) >= 11 is 3.08. The van der Waals surface area contributed by atoms with Crippen LogP contribution in [0.1, 0.15) is 11.4 Å². The van der Waals surface area contributed by atoms with E-state index in [1.165, 1.54) is 23.0 Å². The fourth-order valence-electron chi connectivity index (χ4n) is 1.73. The van der Waals surface area contributed by atoms with E-state index in [-0.39, 0.29) is 28.5 Å². The van der Waals surface area contributed by atoms with Crippen molar-refractivity contribution in [3.8, 4) is 0 Å². The molecule has 0 saturated heterocycles. The molecule has 0 spiro atoms. The monoisotopic (exact) mass is 381 g/mol. The lowest BCUT2D eigenvalue weighted by Crippen LogP contribution is -2.16. The summed E-state index contributed by atoms with van der Waals surface area (Å²) in [6.07, 6.45) is 0. The molecule has 0 aliphatic carbocycles. The van der Waals surface area contributed by atoms with Gasteiger partial charge in [0.2, 0.25) is 0 Å². The number of rotatable bonds is 4. The van der Waals surface area contributed by atoms with Crippen LogP contribution >= 0.6 is 15.9 Å². The highest BCUT2D eigenvalue weighted by Crippen LogP contribution is 2.20. The summed E-state index contributed by atoms with van der Waals surface area (Å²) in [5, 5.41) is 29.3. The molecule has 23 heavy (non-hydrogen) atoms. The zero-order valence-electron chi connectivity index (χ0n) is 11.4. The van der Waals surface area contributed by atoms with Crippen molar-refractivity contribution in [2.24, 2.45) is 0 Å². The molecule has 2 heterocycles. The first-order chi connectivity index (χ1) is 11.0. The Balaban J connectivity index is 1.77. The summed E-state index contributed by atoms with van der Waals surface area (Å²) in [4.78, 5) is 1.19. The van der Waals surface area contributed by atoms with Crippen LogP contribution in [0.15, 0.2) is 27.3 Å². The minimum Gasteiger partial charge on any atom is -0.365 e. The molecule has 0 unspecified atom stereocenters. The third-order valence-electron chi connectivity index (χ3n) is 2.74. The van der Waals surface area contributed by atoms with Crippen molar-refractivity contribution in [2.45, 2.75) is 6.54 Å². The van der Waals surface area contributed by atoms with Gasteiger partial charge in [-0.2, -0.15) is 4.80 Å². The fraction of sp³-hybridized carbons (Fsp3) is 0.0909. The van der Waals surface area contributed by atoms with Gasteiger partial charge < -0.3 is 11.1 Å². The van der Waals surface area contributed by atoms with Crippen LogP contribution in [0.2, 0.25) is 0 Å². The first kappa shape index (κ1) is 15.0. The smallest absolute Gasteiger partial charge is 0.260 e. The molecule has 0 aliphatic heterocycles. The summed E-state index contributed by atoms with van der Waals surface area (Å²) in [6, 6.07) is 4.25. The maximum absolute atomic E-state index is 13.2. The maximum atomic E-state index is 13.2. The van der Waals surface area contributed by atoms with Gasteiger partial charge >= 0.3 is 0 Å². The van der Waals surface area contributed by atoms with E-state index < -0.39 is 5.82 Å². The molecule has 12 heteroatoms. The van der Waals surface area contributed by atoms with Gasteiger partial charge in [-0.05, 0) is 44.5 Å². The van der Waals surface area contributed by atoms with Crippen LogP contribution in [0.3, 0.4) is 0 Å². The lowest BCUT2D eigenvalue weighted by atomic mass is 10.2. The zero-order chi connectivity index (χ0) is 16.4. The highest BCUT2D eigenvalue weighted by atomic mass is 79.9. The van der Waals surface area contributed by atoms with Crippen LogP contribution in [0, 0.1) is 11.2 Å². The van der Waals surface area contributed by atoms with Crippen LogP contribution in [-0.4, -0.2) is 36.4 Å². The second-order valence-corrected chi connectivity index (χ2v) is 5.22. The van der Waals surface area contributed by atoms with E-state index in [0.717, 1.165) is 0 Å². The second kappa shape index (κ2) is 6.08. The molecule has 0 bridgehead atoms. The summed E-state index contributed by atoms with van der Waals surface area (Å²) in [7, 11) is 0. The Kier molecular flexibility index (Phi) is 3.97. The highest BCUT2D eigenvalue weighted by Gasteiger charge is 2.17. The number of aromatic nitrogens is 6. The average Bonchev–Trinajstić information content (AvgIpc) is 3.12. The normalized spacial score (nSPS) is 10.7. The third kappa shape index (κ3) is 3.31. The SMILES string of the molecule is N=C(Nc1ccc(F)c(Br)c1)c1nonc1Cn1nnc(N)n1. The molecule has 3 aromatic rings. The molecular formula is C11H9BrFN9O. The van der Waals surface area contributed by atoms with E-state index in [1.807, 2.05) is 0 Å². The van der Waals surface area contributed by atoms with Gasteiger partial charge in [-0.3, -0.25) is 5.41 Å². The molecule has 0 atom stereocenters. The summed E-state index contributed by atoms with van der Waals surface area (Å²) in [5.41, 5.74) is 6.37. The predicted octanol–water partition coefficient (Wildman–Crippen LogP) is 1.03. The van der Waals surface area contributed by atoms with Crippen molar-refractivity contribution in [1.82, 2.24) is 30.5 Å². The molecule has 0 fully saturated rings. The van der Waals surface area contributed by atoms with Crippen LogP contribution in [0.25, 0.3) is 0 Å². The summed E-state index contributed by atoms with van der Waals surface area (Å²) in [6.45, 7) is 0.0835. The number of anilines is 2. The minimum absolute atomic E-state index is 0.0207. The Bertz CT molecular complexity index is 861. The third-order valence-corrected chi connectivity index (χ3v) is 3.35. The van der Waals surface area contributed by atoms with Crippen molar-refractivity contribution >= 4 is 33.4 Å². The summed E-state index contributed by atoms with van der Waals surface area (Å²) < 4.78 is 18.1. The number of hydrogen-bond donors (Lipinski definition) is 3. The first-order valence-electron chi connectivity index (χ1n) is 6.18. The van der Waals surface area contributed by atoms with Crippen molar-refractivity contribution < 1.29 is 9.02 Å².